The SMILES string of the molecule is COc1ccc(CN2C(=O)C(=Cc3cccc(Cl)c3)SC2=S)cc1. The molecule has 6 heteroatoms. The fourth-order valence-corrected chi connectivity index (χ4v) is 3.75. The molecule has 0 saturated carbocycles. The standard InChI is InChI=1S/C18H14ClNO2S2/c1-22-15-7-5-12(6-8-15)11-20-17(21)16(24-18(20)23)10-13-3-2-4-14(19)9-13/h2-10H,11H2,1H3. The van der Waals surface area contributed by atoms with Crippen LogP contribution in [0.25, 0.3) is 6.08 Å². The van der Waals surface area contributed by atoms with Gasteiger partial charge in [-0.2, -0.15) is 0 Å². The highest BCUT2D eigenvalue weighted by Crippen LogP contribution is 2.34. The van der Waals surface area contributed by atoms with Crippen LogP contribution >= 0.6 is 35.6 Å². The van der Waals surface area contributed by atoms with Gasteiger partial charge in [-0.3, -0.25) is 9.69 Å². The zero-order chi connectivity index (χ0) is 17.1. The summed E-state index contributed by atoms with van der Waals surface area (Å²) in [6, 6.07) is 15.0. The van der Waals surface area contributed by atoms with Crippen molar-refractivity contribution in [1.82, 2.24) is 4.90 Å². The summed E-state index contributed by atoms with van der Waals surface area (Å²) in [5.74, 6) is 0.700. The number of hydrogen-bond acceptors (Lipinski definition) is 4. The molecule has 122 valence electrons. The molecular formula is C18H14ClNO2S2. The van der Waals surface area contributed by atoms with Crippen LogP contribution in [0.3, 0.4) is 0 Å². The molecule has 0 atom stereocenters. The predicted molar refractivity (Wildman–Crippen MR) is 103 cm³/mol. The summed E-state index contributed by atoms with van der Waals surface area (Å²) in [5, 5.41) is 0.637. The topological polar surface area (TPSA) is 29.5 Å². The number of nitrogens with zero attached hydrogens (tertiary/aromatic N) is 1. The van der Waals surface area contributed by atoms with Crippen LogP contribution in [0.4, 0.5) is 0 Å². The molecule has 2 aromatic rings. The highest BCUT2D eigenvalue weighted by molar-refractivity contribution is 8.26. The van der Waals surface area contributed by atoms with Crippen molar-refractivity contribution in [3.8, 4) is 5.75 Å². The van der Waals surface area contributed by atoms with Crippen LogP contribution in [-0.4, -0.2) is 22.2 Å². The van der Waals surface area contributed by atoms with Crippen molar-refractivity contribution < 1.29 is 9.53 Å². The number of methoxy groups -OCH3 is 1. The minimum Gasteiger partial charge on any atom is -0.497 e. The van der Waals surface area contributed by atoms with Crippen LogP contribution < -0.4 is 4.74 Å². The Morgan fingerprint density at radius 1 is 1.25 bits per heavy atom. The van der Waals surface area contributed by atoms with Crippen LogP contribution in [0.1, 0.15) is 11.1 Å². The Morgan fingerprint density at radius 2 is 2.00 bits per heavy atom. The molecule has 1 heterocycles. The zero-order valence-electron chi connectivity index (χ0n) is 12.9. The summed E-state index contributed by atoms with van der Waals surface area (Å²) in [4.78, 5) is 14.8. The molecule has 0 aliphatic carbocycles. The van der Waals surface area contributed by atoms with Crippen molar-refractivity contribution in [1.29, 1.82) is 0 Å². The molecule has 0 radical (unpaired) electrons. The van der Waals surface area contributed by atoms with Gasteiger partial charge in [-0.1, -0.05) is 59.8 Å². The molecule has 0 aromatic heterocycles. The molecule has 0 spiro atoms. The lowest BCUT2D eigenvalue weighted by molar-refractivity contribution is -0.122. The second-order valence-corrected chi connectivity index (χ2v) is 7.28. The maximum atomic E-state index is 12.6. The molecule has 2 aromatic carbocycles. The van der Waals surface area contributed by atoms with E-state index in [0.29, 0.717) is 20.8 Å². The average molecular weight is 376 g/mol. The van der Waals surface area contributed by atoms with Gasteiger partial charge >= 0.3 is 0 Å². The molecule has 0 N–H and O–H groups in total. The monoisotopic (exact) mass is 375 g/mol. The summed E-state index contributed by atoms with van der Waals surface area (Å²) >= 11 is 12.7. The van der Waals surface area contributed by atoms with Crippen molar-refractivity contribution in [2.24, 2.45) is 0 Å². The molecule has 3 rings (SSSR count). The largest absolute Gasteiger partial charge is 0.497 e. The number of amides is 1. The Kier molecular flexibility index (Phi) is 5.23. The highest BCUT2D eigenvalue weighted by atomic mass is 35.5. The summed E-state index contributed by atoms with van der Waals surface area (Å²) in [6.45, 7) is 0.446. The Balaban J connectivity index is 1.78. The van der Waals surface area contributed by atoms with Gasteiger partial charge in [-0.15, -0.1) is 0 Å². The van der Waals surface area contributed by atoms with Gasteiger partial charge in [0.2, 0.25) is 0 Å². The van der Waals surface area contributed by atoms with E-state index in [1.807, 2.05) is 48.5 Å². The van der Waals surface area contributed by atoms with E-state index in [9.17, 15) is 4.79 Å². The highest BCUT2D eigenvalue weighted by Gasteiger charge is 2.31. The minimum atomic E-state index is -0.0826. The lowest BCUT2D eigenvalue weighted by Crippen LogP contribution is -2.27. The van der Waals surface area contributed by atoms with Crippen LogP contribution in [0.5, 0.6) is 5.75 Å². The van der Waals surface area contributed by atoms with Crippen LogP contribution in [-0.2, 0) is 11.3 Å². The molecule has 1 fully saturated rings. The number of carbonyl (C=O) groups is 1. The summed E-state index contributed by atoms with van der Waals surface area (Å²) in [5.41, 5.74) is 1.88. The third-order valence-corrected chi connectivity index (χ3v) is 5.13. The normalized spacial score (nSPS) is 16.1. The number of thioether (sulfide) groups is 1. The lowest BCUT2D eigenvalue weighted by Gasteiger charge is -2.14. The van der Waals surface area contributed by atoms with Crippen molar-refractivity contribution in [3.05, 3.63) is 69.6 Å². The minimum absolute atomic E-state index is 0.0826. The fourth-order valence-electron chi connectivity index (χ4n) is 2.30. The first-order valence-corrected chi connectivity index (χ1v) is 8.81. The molecule has 1 aliphatic rings. The van der Waals surface area contributed by atoms with Crippen LogP contribution in [0.15, 0.2) is 53.4 Å². The van der Waals surface area contributed by atoms with E-state index >= 15 is 0 Å². The van der Waals surface area contributed by atoms with E-state index in [1.54, 1.807) is 18.1 Å². The second-order valence-electron chi connectivity index (χ2n) is 5.17. The molecule has 0 bridgehead atoms. The Morgan fingerprint density at radius 3 is 2.67 bits per heavy atom. The Bertz CT molecular complexity index is 818. The predicted octanol–water partition coefficient (Wildman–Crippen LogP) is 4.75. The van der Waals surface area contributed by atoms with Crippen molar-refractivity contribution >= 4 is 51.9 Å². The summed E-state index contributed by atoms with van der Waals surface area (Å²) < 4.78 is 5.70. The summed E-state index contributed by atoms with van der Waals surface area (Å²) in [7, 11) is 1.62. The fraction of sp³-hybridized carbons (Fsp3) is 0.111. The Hall–Kier alpha value is -1.82. The number of hydrogen-bond donors (Lipinski definition) is 0. The molecular weight excluding hydrogens is 362 g/mol. The molecule has 24 heavy (non-hydrogen) atoms. The van der Waals surface area contributed by atoms with Gasteiger partial charge in [0, 0.05) is 5.02 Å². The van der Waals surface area contributed by atoms with Gasteiger partial charge < -0.3 is 4.74 Å². The number of halogens is 1. The number of carbonyl (C=O) groups excluding carboxylic acids is 1. The number of ether oxygens (including phenoxy) is 1. The van der Waals surface area contributed by atoms with Gasteiger partial charge in [0.1, 0.15) is 10.1 Å². The van der Waals surface area contributed by atoms with Gasteiger partial charge in [0.05, 0.1) is 18.6 Å². The van der Waals surface area contributed by atoms with E-state index in [4.69, 9.17) is 28.6 Å². The van der Waals surface area contributed by atoms with Crippen molar-refractivity contribution in [2.45, 2.75) is 6.54 Å². The number of rotatable bonds is 4. The molecule has 1 amide bonds. The quantitative estimate of drug-likeness (QED) is 0.569. The average Bonchev–Trinajstić information content (AvgIpc) is 2.83. The maximum Gasteiger partial charge on any atom is 0.266 e. The third-order valence-electron chi connectivity index (χ3n) is 3.52. The van der Waals surface area contributed by atoms with Crippen LogP contribution in [0.2, 0.25) is 5.02 Å². The second kappa shape index (κ2) is 7.38. The van der Waals surface area contributed by atoms with Gasteiger partial charge in [-0.25, -0.2) is 0 Å². The smallest absolute Gasteiger partial charge is 0.266 e. The third kappa shape index (κ3) is 3.80. The van der Waals surface area contributed by atoms with E-state index in [1.165, 1.54) is 11.8 Å². The van der Waals surface area contributed by atoms with E-state index in [0.717, 1.165) is 16.9 Å². The first kappa shape index (κ1) is 17.0. The lowest BCUT2D eigenvalue weighted by atomic mass is 10.2. The maximum absolute atomic E-state index is 12.6. The number of thiocarbonyl (C=S) groups is 1. The van der Waals surface area contributed by atoms with Crippen molar-refractivity contribution in [2.75, 3.05) is 7.11 Å². The number of benzene rings is 2. The van der Waals surface area contributed by atoms with E-state index in [-0.39, 0.29) is 5.91 Å². The van der Waals surface area contributed by atoms with E-state index < -0.39 is 0 Å². The van der Waals surface area contributed by atoms with Gasteiger partial charge in [0.15, 0.2) is 0 Å². The first-order valence-electron chi connectivity index (χ1n) is 7.20. The van der Waals surface area contributed by atoms with Crippen LogP contribution in [0, 0.1) is 0 Å². The zero-order valence-corrected chi connectivity index (χ0v) is 15.3. The van der Waals surface area contributed by atoms with E-state index in [2.05, 4.69) is 0 Å². The molecule has 1 saturated heterocycles. The Labute approximate surface area is 155 Å². The summed E-state index contributed by atoms with van der Waals surface area (Å²) in [6.07, 6.45) is 1.82. The molecule has 0 unspecified atom stereocenters. The molecule has 3 nitrogen and oxygen atoms in total. The van der Waals surface area contributed by atoms with Gasteiger partial charge in [0.25, 0.3) is 5.91 Å². The first-order chi connectivity index (χ1) is 11.6. The molecule has 1 aliphatic heterocycles. The van der Waals surface area contributed by atoms with Gasteiger partial charge in [-0.05, 0) is 41.5 Å². The van der Waals surface area contributed by atoms with Crippen molar-refractivity contribution in [3.63, 3.8) is 0 Å².